The maximum Gasteiger partial charge on any atom is 0.343 e. The molecule has 17 heteroatoms. The Bertz CT molecular complexity index is 2150. The number of carbonyl (C=O) groups is 6. The predicted octanol–water partition coefficient (Wildman–Crippen LogP) is 6.87. The molecule has 0 radical (unpaired) electrons. The molecule has 4 amide bonds. The van der Waals surface area contributed by atoms with Crippen LogP contribution in [0.15, 0.2) is 125 Å². The van der Waals surface area contributed by atoms with Crippen LogP contribution in [0.3, 0.4) is 0 Å². The molecular formula is C34H16Br4N2O10S. The molecule has 0 unspecified atom stereocenters. The number of anilines is 2. The van der Waals surface area contributed by atoms with Crippen LogP contribution in [0.2, 0.25) is 0 Å². The maximum absolute atomic E-state index is 13.7. The fourth-order valence-electron chi connectivity index (χ4n) is 4.82. The lowest BCUT2D eigenvalue weighted by Crippen LogP contribution is -2.29. The number of nitrogens with zero attached hydrogens (tertiary/aromatic N) is 2. The Hall–Kier alpha value is -4.55. The predicted molar refractivity (Wildman–Crippen MR) is 195 cm³/mol. The van der Waals surface area contributed by atoms with Crippen LogP contribution in [0.4, 0.5) is 11.4 Å². The van der Waals surface area contributed by atoms with Crippen molar-refractivity contribution in [2.45, 2.75) is 9.79 Å². The molecule has 0 bridgehead atoms. The van der Waals surface area contributed by atoms with Gasteiger partial charge in [-0.15, -0.1) is 0 Å². The summed E-state index contributed by atoms with van der Waals surface area (Å²) >= 11 is 13.1. The second-order valence-corrected chi connectivity index (χ2v) is 15.9. The summed E-state index contributed by atoms with van der Waals surface area (Å²) in [5.74, 6) is -3.63. The van der Waals surface area contributed by atoms with Crippen molar-refractivity contribution in [1.82, 2.24) is 0 Å². The second kappa shape index (κ2) is 14.2. The fraction of sp³-hybridized carbons (Fsp3) is 0. The van der Waals surface area contributed by atoms with Crippen LogP contribution in [0.1, 0.15) is 20.7 Å². The summed E-state index contributed by atoms with van der Waals surface area (Å²) in [5, 5.41) is 0. The van der Waals surface area contributed by atoms with Crippen LogP contribution >= 0.6 is 63.7 Å². The Morgan fingerprint density at radius 3 is 1.04 bits per heavy atom. The molecule has 0 saturated heterocycles. The molecule has 0 aromatic heterocycles. The highest BCUT2D eigenvalue weighted by Gasteiger charge is 2.28. The van der Waals surface area contributed by atoms with Crippen molar-refractivity contribution < 1.29 is 46.7 Å². The molecule has 12 nitrogen and oxygen atoms in total. The summed E-state index contributed by atoms with van der Waals surface area (Å²) in [7, 11) is -4.20. The number of hydrogen-bond donors (Lipinski definition) is 0. The minimum absolute atomic E-state index is 0.00919. The highest BCUT2D eigenvalue weighted by Crippen LogP contribution is 2.41. The fourth-order valence-corrected chi connectivity index (χ4v) is 9.49. The molecule has 2 aliphatic heterocycles. The Kier molecular flexibility index (Phi) is 10.1. The van der Waals surface area contributed by atoms with Gasteiger partial charge >= 0.3 is 11.9 Å². The summed E-state index contributed by atoms with van der Waals surface area (Å²) in [6.07, 6.45) is 4.56. The molecule has 51 heavy (non-hydrogen) atoms. The van der Waals surface area contributed by atoms with Gasteiger partial charge in [-0.3, -0.25) is 19.2 Å². The number of amides is 4. The number of esters is 2. The first-order valence-corrected chi connectivity index (χ1v) is 18.8. The summed E-state index contributed by atoms with van der Waals surface area (Å²) < 4.78 is 39.0. The van der Waals surface area contributed by atoms with E-state index in [9.17, 15) is 37.2 Å². The van der Waals surface area contributed by atoms with Crippen LogP contribution in [0.5, 0.6) is 11.5 Å². The Balaban J connectivity index is 1.17. The van der Waals surface area contributed by atoms with Crippen molar-refractivity contribution in [2.75, 3.05) is 9.80 Å². The number of imide groups is 2. The van der Waals surface area contributed by atoms with E-state index in [4.69, 9.17) is 9.47 Å². The molecule has 256 valence electrons. The molecule has 0 N–H and O–H groups in total. The van der Waals surface area contributed by atoms with Crippen LogP contribution in [0, 0.1) is 0 Å². The zero-order chi connectivity index (χ0) is 36.8. The third-order valence-corrected chi connectivity index (χ3v) is 11.4. The monoisotopic (exact) mass is 960 g/mol. The molecule has 0 fully saturated rings. The molecule has 2 heterocycles. The minimum atomic E-state index is -4.20. The van der Waals surface area contributed by atoms with Gasteiger partial charge in [-0.05, 0) is 137 Å². The Morgan fingerprint density at radius 2 is 0.765 bits per heavy atom. The quantitative estimate of drug-likeness (QED) is 0.104. The SMILES string of the molecule is O=C(Oc1c(Br)cc(S(=O)(=O)c2cc(Br)c(OC(=O)c3ccc(N4C(=O)C=CC4=O)cc3)c(Br)c2)cc1Br)c1ccc(N2C(=O)C=CC2=O)cc1. The number of hydrogen-bond acceptors (Lipinski definition) is 10. The third kappa shape index (κ3) is 7.16. The number of halogens is 4. The zero-order valence-corrected chi connectivity index (χ0v) is 32.3. The van der Waals surface area contributed by atoms with E-state index in [0.717, 1.165) is 34.1 Å². The number of rotatable bonds is 8. The standard InChI is InChI=1S/C34H16Br4N2O10S/c35-23-13-21(14-24(36)31(23)49-33(45)17-1-5-19(6-2-17)39-27(41)9-10-28(39)42)51(47,48)22-15-25(37)32(26(38)16-22)50-34(46)18-3-7-20(8-4-18)40-29(43)11-12-30(40)44/h1-16H. The van der Waals surface area contributed by atoms with E-state index >= 15 is 0 Å². The summed E-state index contributed by atoms with van der Waals surface area (Å²) in [5.41, 5.74) is 0.740. The smallest absolute Gasteiger partial charge is 0.343 e. The van der Waals surface area contributed by atoms with Gasteiger partial charge in [0.05, 0.1) is 50.2 Å². The van der Waals surface area contributed by atoms with Gasteiger partial charge in [0, 0.05) is 24.3 Å². The molecular weight excluding hydrogens is 948 g/mol. The zero-order valence-electron chi connectivity index (χ0n) is 25.1. The van der Waals surface area contributed by atoms with E-state index in [2.05, 4.69) is 63.7 Å². The Labute approximate surface area is 322 Å². The van der Waals surface area contributed by atoms with Crippen LogP contribution in [-0.2, 0) is 29.0 Å². The van der Waals surface area contributed by atoms with Crippen LogP contribution in [0.25, 0.3) is 0 Å². The largest absolute Gasteiger partial charge is 0.421 e. The summed E-state index contributed by atoms with van der Waals surface area (Å²) in [4.78, 5) is 75.1. The molecule has 4 aromatic carbocycles. The summed E-state index contributed by atoms with van der Waals surface area (Å²) in [6, 6.07) is 16.2. The van der Waals surface area contributed by atoms with Gasteiger partial charge in [-0.1, -0.05) is 0 Å². The average molecular weight is 964 g/mol. The van der Waals surface area contributed by atoms with Gasteiger partial charge in [-0.25, -0.2) is 27.8 Å². The molecule has 6 rings (SSSR count). The second-order valence-electron chi connectivity index (χ2n) is 10.5. The third-order valence-electron chi connectivity index (χ3n) is 7.29. The highest BCUT2D eigenvalue weighted by molar-refractivity contribution is 9.11. The molecule has 0 aliphatic carbocycles. The first-order valence-electron chi connectivity index (χ1n) is 14.2. The molecule has 2 aliphatic rings. The van der Waals surface area contributed by atoms with Crippen molar-refractivity contribution in [2.24, 2.45) is 0 Å². The molecule has 0 saturated carbocycles. The number of ether oxygens (including phenoxy) is 2. The van der Waals surface area contributed by atoms with E-state index in [1.165, 1.54) is 72.8 Å². The molecule has 4 aromatic rings. The molecule has 0 atom stereocenters. The number of sulfone groups is 1. The van der Waals surface area contributed by atoms with Crippen LogP contribution < -0.4 is 19.3 Å². The van der Waals surface area contributed by atoms with E-state index < -0.39 is 45.4 Å². The van der Waals surface area contributed by atoms with Crippen molar-refractivity contribution in [1.29, 1.82) is 0 Å². The van der Waals surface area contributed by atoms with Gasteiger partial charge in [0.1, 0.15) is 0 Å². The molecule has 0 spiro atoms. The Morgan fingerprint density at radius 1 is 0.490 bits per heavy atom. The van der Waals surface area contributed by atoms with Gasteiger partial charge in [0.15, 0.2) is 11.5 Å². The van der Waals surface area contributed by atoms with Crippen molar-refractivity contribution in [3.8, 4) is 11.5 Å². The maximum atomic E-state index is 13.7. The van der Waals surface area contributed by atoms with Gasteiger partial charge in [0.25, 0.3) is 23.6 Å². The average Bonchev–Trinajstić information content (AvgIpc) is 3.62. The first-order chi connectivity index (χ1) is 24.1. The number of carbonyl (C=O) groups excluding carboxylic acids is 6. The van der Waals surface area contributed by atoms with Gasteiger partial charge in [0.2, 0.25) is 9.84 Å². The summed E-state index contributed by atoms with van der Waals surface area (Å²) in [6.45, 7) is 0. The minimum Gasteiger partial charge on any atom is -0.421 e. The van der Waals surface area contributed by atoms with Crippen molar-refractivity contribution in [3.63, 3.8) is 0 Å². The van der Waals surface area contributed by atoms with Crippen LogP contribution in [-0.4, -0.2) is 44.0 Å². The topological polar surface area (TPSA) is 162 Å². The van der Waals surface area contributed by atoms with E-state index in [-0.39, 0.29) is 61.7 Å². The number of benzene rings is 4. The highest BCUT2D eigenvalue weighted by atomic mass is 79.9. The normalized spacial score (nSPS) is 14.1. The van der Waals surface area contributed by atoms with E-state index in [1.807, 2.05) is 0 Å². The van der Waals surface area contributed by atoms with Crippen molar-refractivity contribution in [3.05, 3.63) is 126 Å². The van der Waals surface area contributed by atoms with Crippen molar-refractivity contribution >= 4 is 120 Å². The van der Waals surface area contributed by atoms with Gasteiger partial charge in [-0.2, -0.15) is 0 Å². The first kappa shape index (κ1) is 36.2. The lowest BCUT2D eigenvalue weighted by atomic mass is 10.2. The lowest BCUT2D eigenvalue weighted by molar-refractivity contribution is -0.121. The van der Waals surface area contributed by atoms with Gasteiger partial charge < -0.3 is 9.47 Å². The van der Waals surface area contributed by atoms with E-state index in [1.54, 1.807) is 0 Å². The lowest BCUT2D eigenvalue weighted by Gasteiger charge is -2.15. The van der Waals surface area contributed by atoms with E-state index in [0.29, 0.717) is 0 Å².